The topological polar surface area (TPSA) is 57.6 Å². The van der Waals surface area contributed by atoms with Crippen LogP contribution in [0, 0.1) is 6.92 Å². The molecule has 0 heterocycles. The van der Waals surface area contributed by atoms with Gasteiger partial charge in [0.1, 0.15) is 0 Å². The van der Waals surface area contributed by atoms with Crippen molar-refractivity contribution in [1.29, 1.82) is 0 Å². The van der Waals surface area contributed by atoms with Gasteiger partial charge in [-0.05, 0) is 36.6 Å². The summed E-state index contributed by atoms with van der Waals surface area (Å²) in [7, 11) is -3.51. The molecule has 0 aliphatic heterocycles. The molecule has 0 bridgehead atoms. The fourth-order valence-electron chi connectivity index (χ4n) is 1.90. The summed E-state index contributed by atoms with van der Waals surface area (Å²) in [5.41, 5.74) is 1.26. The zero-order chi connectivity index (χ0) is 14.6. The number of rotatable bonds is 6. The smallest absolute Gasteiger partial charge is 0.243 e. The molecule has 4 nitrogen and oxygen atoms in total. The molecule has 0 radical (unpaired) electrons. The van der Waals surface area contributed by atoms with Crippen LogP contribution in [-0.2, 0) is 16.6 Å². The molecule has 0 amide bonds. The number of nitrogens with zero attached hydrogens (tertiary/aromatic N) is 1. The quantitative estimate of drug-likeness (QED) is 0.858. The van der Waals surface area contributed by atoms with Gasteiger partial charge in [0.2, 0.25) is 10.0 Å². The van der Waals surface area contributed by atoms with E-state index in [9.17, 15) is 13.5 Å². The Bertz CT molecular complexity index is 543. The number of sulfonamides is 1. The molecule has 0 fully saturated rings. The van der Waals surface area contributed by atoms with Gasteiger partial charge in [-0.3, -0.25) is 0 Å². The summed E-state index contributed by atoms with van der Waals surface area (Å²) in [6.07, 6.45) is 0.771. The van der Waals surface area contributed by atoms with Gasteiger partial charge in [0, 0.05) is 17.6 Å². The Morgan fingerprint density at radius 3 is 2.42 bits per heavy atom. The van der Waals surface area contributed by atoms with Crippen LogP contribution in [-0.4, -0.2) is 30.9 Å². The third-order valence-corrected chi connectivity index (χ3v) is 5.91. The molecular formula is C13H20BrNO3S. The minimum atomic E-state index is -3.51. The first-order chi connectivity index (χ1) is 8.88. The molecule has 0 aromatic heterocycles. The van der Waals surface area contributed by atoms with E-state index in [2.05, 4.69) is 15.9 Å². The molecule has 1 aromatic rings. The van der Waals surface area contributed by atoms with E-state index in [1.807, 2.05) is 13.8 Å². The maximum absolute atomic E-state index is 12.6. The SMILES string of the molecule is CCCN(CC)S(=O)(=O)c1cc(CO)cc(Br)c1C. The Kier molecular flexibility index (Phi) is 5.98. The lowest BCUT2D eigenvalue weighted by molar-refractivity contribution is 0.281. The zero-order valence-electron chi connectivity index (χ0n) is 11.5. The summed E-state index contributed by atoms with van der Waals surface area (Å²) >= 11 is 3.35. The Hall–Kier alpha value is -0.430. The standard InChI is InChI=1S/C13H20BrNO3S/c1-4-6-15(5-2)19(17,18)13-8-11(9-16)7-12(14)10(13)3/h7-8,16H,4-6,9H2,1-3H3. The van der Waals surface area contributed by atoms with Gasteiger partial charge < -0.3 is 5.11 Å². The molecule has 0 saturated carbocycles. The van der Waals surface area contributed by atoms with Crippen LogP contribution in [0.3, 0.4) is 0 Å². The first-order valence-electron chi connectivity index (χ1n) is 6.28. The predicted molar refractivity (Wildman–Crippen MR) is 79.5 cm³/mol. The maximum atomic E-state index is 12.6. The van der Waals surface area contributed by atoms with Crippen LogP contribution in [0.2, 0.25) is 0 Å². The minimum absolute atomic E-state index is 0.179. The second-order valence-corrected chi connectivity index (χ2v) is 7.12. The Balaban J connectivity index is 3.38. The van der Waals surface area contributed by atoms with Crippen molar-refractivity contribution in [3.8, 4) is 0 Å². The monoisotopic (exact) mass is 349 g/mol. The number of aliphatic hydroxyl groups excluding tert-OH is 1. The van der Waals surface area contributed by atoms with Gasteiger partial charge in [-0.15, -0.1) is 0 Å². The van der Waals surface area contributed by atoms with Crippen molar-refractivity contribution < 1.29 is 13.5 Å². The third kappa shape index (κ3) is 3.56. The number of hydrogen-bond donors (Lipinski definition) is 1. The lowest BCUT2D eigenvalue weighted by Crippen LogP contribution is -2.32. The van der Waals surface area contributed by atoms with E-state index in [0.717, 1.165) is 6.42 Å². The van der Waals surface area contributed by atoms with Gasteiger partial charge in [-0.2, -0.15) is 4.31 Å². The molecule has 0 unspecified atom stereocenters. The maximum Gasteiger partial charge on any atom is 0.243 e. The summed E-state index contributed by atoms with van der Waals surface area (Å²) < 4.78 is 27.4. The molecule has 108 valence electrons. The van der Waals surface area contributed by atoms with Crippen LogP contribution in [0.15, 0.2) is 21.5 Å². The van der Waals surface area contributed by atoms with Gasteiger partial charge >= 0.3 is 0 Å². The molecule has 0 spiro atoms. The lowest BCUT2D eigenvalue weighted by Gasteiger charge is -2.21. The second-order valence-electron chi connectivity index (χ2n) is 4.36. The highest BCUT2D eigenvalue weighted by molar-refractivity contribution is 9.10. The van der Waals surface area contributed by atoms with E-state index in [0.29, 0.717) is 28.7 Å². The summed E-state index contributed by atoms with van der Waals surface area (Å²) in [6.45, 7) is 6.30. The average molecular weight is 350 g/mol. The van der Waals surface area contributed by atoms with Crippen LogP contribution in [0.5, 0.6) is 0 Å². The van der Waals surface area contributed by atoms with E-state index < -0.39 is 10.0 Å². The molecule has 1 rings (SSSR count). The molecule has 6 heteroatoms. The van der Waals surface area contributed by atoms with Crippen LogP contribution >= 0.6 is 15.9 Å². The van der Waals surface area contributed by atoms with Crippen LogP contribution in [0.4, 0.5) is 0 Å². The predicted octanol–water partition coefficient (Wildman–Crippen LogP) is 2.67. The van der Waals surface area contributed by atoms with Gasteiger partial charge in [0.15, 0.2) is 0 Å². The van der Waals surface area contributed by atoms with E-state index in [1.165, 1.54) is 4.31 Å². The molecule has 1 aromatic carbocycles. The zero-order valence-corrected chi connectivity index (χ0v) is 13.9. The van der Waals surface area contributed by atoms with Gasteiger partial charge in [0.05, 0.1) is 11.5 Å². The molecule has 0 saturated heterocycles. The minimum Gasteiger partial charge on any atom is -0.392 e. The van der Waals surface area contributed by atoms with Crippen LogP contribution < -0.4 is 0 Å². The number of hydrogen-bond acceptors (Lipinski definition) is 3. The highest BCUT2D eigenvalue weighted by atomic mass is 79.9. The van der Waals surface area contributed by atoms with Crippen molar-refractivity contribution in [2.45, 2.75) is 38.7 Å². The Morgan fingerprint density at radius 1 is 1.32 bits per heavy atom. The van der Waals surface area contributed by atoms with Crippen molar-refractivity contribution in [1.82, 2.24) is 4.31 Å². The molecule has 0 aliphatic carbocycles. The summed E-state index contributed by atoms with van der Waals surface area (Å²) in [6, 6.07) is 3.29. The highest BCUT2D eigenvalue weighted by Crippen LogP contribution is 2.28. The fourth-order valence-corrected chi connectivity index (χ4v) is 4.38. The van der Waals surface area contributed by atoms with Gasteiger partial charge in [-0.25, -0.2) is 8.42 Å². The molecular weight excluding hydrogens is 330 g/mol. The number of benzene rings is 1. The summed E-state index contributed by atoms with van der Waals surface area (Å²) in [4.78, 5) is 0.265. The van der Waals surface area contributed by atoms with E-state index >= 15 is 0 Å². The van der Waals surface area contributed by atoms with Crippen LogP contribution in [0.1, 0.15) is 31.4 Å². The van der Waals surface area contributed by atoms with Crippen molar-refractivity contribution >= 4 is 26.0 Å². The Labute approximate surface area is 123 Å². The summed E-state index contributed by atoms with van der Waals surface area (Å²) in [5.74, 6) is 0. The lowest BCUT2D eigenvalue weighted by atomic mass is 10.2. The largest absolute Gasteiger partial charge is 0.392 e. The molecule has 19 heavy (non-hydrogen) atoms. The average Bonchev–Trinajstić information content (AvgIpc) is 2.38. The first-order valence-corrected chi connectivity index (χ1v) is 8.51. The van der Waals surface area contributed by atoms with Crippen molar-refractivity contribution in [3.63, 3.8) is 0 Å². The first kappa shape index (κ1) is 16.6. The molecule has 0 aliphatic rings. The number of aliphatic hydroxyl groups is 1. The van der Waals surface area contributed by atoms with E-state index in [1.54, 1.807) is 19.1 Å². The van der Waals surface area contributed by atoms with Crippen molar-refractivity contribution in [3.05, 3.63) is 27.7 Å². The fraction of sp³-hybridized carbons (Fsp3) is 0.538. The Morgan fingerprint density at radius 2 is 1.95 bits per heavy atom. The normalized spacial score (nSPS) is 12.1. The number of halogens is 1. The second kappa shape index (κ2) is 6.83. The summed E-state index contributed by atoms with van der Waals surface area (Å²) in [5, 5.41) is 9.21. The van der Waals surface area contributed by atoms with Crippen molar-refractivity contribution in [2.75, 3.05) is 13.1 Å². The third-order valence-electron chi connectivity index (χ3n) is 2.98. The van der Waals surface area contributed by atoms with Crippen molar-refractivity contribution in [2.24, 2.45) is 0 Å². The molecule has 1 N–H and O–H groups in total. The van der Waals surface area contributed by atoms with Gasteiger partial charge in [-0.1, -0.05) is 29.8 Å². The van der Waals surface area contributed by atoms with Gasteiger partial charge in [0.25, 0.3) is 0 Å². The van der Waals surface area contributed by atoms with E-state index in [4.69, 9.17) is 0 Å². The van der Waals surface area contributed by atoms with Crippen LogP contribution in [0.25, 0.3) is 0 Å². The highest BCUT2D eigenvalue weighted by Gasteiger charge is 2.25. The molecule has 0 atom stereocenters. The van der Waals surface area contributed by atoms with E-state index in [-0.39, 0.29) is 11.5 Å².